The van der Waals surface area contributed by atoms with Gasteiger partial charge >= 0.3 is 0 Å². The van der Waals surface area contributed by atoms with Gasteiger partial charge in [0.1, 0.15) is 0 Å². The predicted octanol–water partition coefficient (Wildman–Crippen LogP) is 2.17. The SMILES string of the molecule is CC.CC1CC2CCC(C2)N1.CO. The van der Waals surface area contributed by atoms with Gasteiger partial charge in [0.05, 0.1) is 0 Å². The molecule has 0 radical (unpaired) electrons. The minimum Gasteiger partial charge on any atom is -0.400 e. The van der Waals surface area contributed by atoms with Crippen molar-refractivity contribution in [2.75, 3.05) is 7.11 Å². The van der Waals surface area contributed by atoms with E-state index < -0.39 is 0 Å². The van der Waals surface area contributed by atoms with Crippen molar-refractivity contribution >= 4 is 0 Å². The number of fused-ring (bicyclic) bond motifs is 2. The second-order valence-corrected chi connectivity index (χ2v) is 3.68. The summed E-state index contributed by atoms with van der Waals surface area (Å²) in [4.78, 5) is 0. The second kappa shape index (κ2) is 7.34. The topological polar surface area (TPSA) is 32.3 Å². The largest absolute Gasteiger partial charge is 0.400 e. The Labute approximate surface area is 82.7 Å². The van der Waals surface area contributed by atoms with Gasteiger partial charge in [0.15, 0.2) is 0 Å². The summed E-state index contributed by atoms with van der Waals surface area (Å²) in [5.41, 5.74) is 0. The molecule has 2 aliphatic rings. The number of nitrogens with one attached hydrogen (secondary N) is 1. The van der Waals surface area contributed by atoms with Gasteiger partial charge in [-0.05, 0) is 38.5 Å². The molecule has 1 aliphatic heterocycles. The third-order valence-corrected chi connectivity index (χ3v) is 2.75. The van der Waals surface area contributed by atoms with Crippen LogP contribution in [0.3, 0.4) is 0 Å². The molecular weight excluding hydrogens is 162 g/mol. The highest BCUT2D eigenvalue weighted by atomic mass is 16.2. The van der Waals surface area contributed by atoms with Crippen molar-refractivity contribution in [3.8, 4) is 0 Å². The minimum atomic E-state index is 0.802. The van der Waals surface area contributed by atoms with Crippen molar-refractivity contribution in [3.05, 3.63) is 0 Å². The molecule has 1 saturated carbocycles. The van der Waals surface area contributed by atoms with Crippen LogP contribution in [0.1, 0.15) is 46.5 Å². The highest BCUT2D eigenvalue weighted by Gasteiger charge is 2.31. The lowest BCUT2D eigenvalue weighted by atomic mass is 9.96. The van der Waals surface area contributed by atoms with E-state index in [1.807, 2.05) is 13.8 Å². The summed E-state index contributed by atoms with van der Waals surface area (Å²) < 4.78 is 0. The Morgan fingerprint density at radius 1 is 1.08 bits per heavy atom. The number of piperidine rings is 1. The molecule has 0 spiro atoms. The molecule has 0 amide bonds. The van der Waals surface area contributed by atoms with E-state index in [1.54, 1.807) is 0 Å². The summed E-state index contributed by atoms with van der Waals surface area (Å²) in [7, 11) is 1.00. The first-order valence-corrected chi connectivity index (χ1v) is 5.55. The number of aliphatic hydroxyl groups excluding tert-OH is 1. The smallest absolute Gasteiger partial charge is 0.0319 e. The molecule has 2 bridgehead atoms. The second-order valence-electron chi connectivity index (χ2n) is 3.68. The molecule has 0 aromatic heterocycles. The Kier molecular flexibility index (Phi) is 7.29. The first-order valence-electron chi connectivity index (χ1n) is 5.55. The third-order valence-electron chi connectivity index (χ3n) is 2.75. The maximum Gasteiger partial charge on any atom is 0.0319 e. The normalized spacial score (nSPS) is 35.3. The summed E-state index contributed by atoms with van der Waals surface area (Å²) in [5.74, 6) is 1.08. The lowest BCUT2D eigenvalue weighted by Gasteiger charge is -2.26. The molecule has 1 heterocycles. The van der Waals surface area contributed by atoms with Crippen LogP contribution in [0, 0.1) is 5.92 Å². The van der Waals surface area contributed by atoms with E-state index in [9.17, 15) is 0 Å². The van der Waals surface area contributed by atoms with Crippen LogP contribution >= 0.6 is 0 Å². The molecule has 2 N–H and O–H groups in total. The van der Waals surface area contributed by atoms with E-state index in [0.29, 0.717) is 0 Å². The van der Waals surface area contributed by atoms with Crippen molar-refractivity contribution in [1.82, 2.24) is 5.32 Å². The fraction of sp³-hybridized carbons (Fsp3) is 1.00. The molecule has 3 unspecified atom stereocenters. The first-order chi connectivity index (χ1) is 6.34. The number of hydrogen-bond acceptors (Lipinski definition) is 2. The summed E-state index contributed by atoms with van der Waals surface area (Å²) in [6.07, 6.45) is 5.82. The molecule has 1 aliphatic carbocycles. The molecule has 13 heavy (non-hydrogen) atoms. The molecule has 1 saturated heterocycles. The summed E-state index contributed by atoms with van der Waals surface area (Å²) in [6, 6.07) is 1.69. The number of aliphatic hydroxyl groups is 1. The van der Waals surface area contributed by atoms with E-state index in [4.69, 9.17) is 5.11 Å². The lowest BCUT2D eigenvalue weighted by molar-refractivity contribution is 0.324. The molecule has 80 valence electrons. The van der Waals surface area contributed by atoms with Crippen molar-refractivity contribution < 1.29 is 5.11 Å². The van der Waals surface area contributed by atoms with Crippen molar-refractivity contribution in [3.63, 3.8) is 0 Å². The Morgan fingerprint density at radius 2 is 1.69 bits per heavy atom. The van der Waals surface area contributed by atoms with Gasteiger partial charge in [-0.25, -0.2) is 0 Å². The van der Waals surface area contributed by atoms with Gasteiger partial charge in [-0.15, -0.1) is 0 Å². The predicted molar refractivity (Wildman–Crippen MR) is 57.8 cm³/mol. The van der Waals surface area contributed by atoms with Gasteiger partial charge in [-0.2, -0.15) is 0 Å². The molecule has 2 nitrogen and oxygen atoms in total. The van der Waals surface area contributed by atoms with E-state index in [0.717, 1.165) is 25.1 Å². The highest BCUT2D eigenvalue weighted by molar-refractivity contribution is 4.89. The maximum absolute atomic E-state index is 7.00. The molecule has 0 aromatic rings. The monoisotopic (exact) mass is 187 g/mol. The standard InChI is InChI=1S/C8H15N.C2H6.CH4O/c1-6-4-7-2-3-8(5-7)9-6;2*1-2/h6-9H,2-5H2,1H3;1-2H3;2H,1H3. The van der Waals surface area contributed by atoms with Crippen LogP contribution in [-0.4, -0.2) is 24.3 Å². The Bertz CT molecular complexity index is 105. The van der Waals surface area contributed by atoms with E-state index >= 15 is 0 Å². The molecule has 2 rings (SSSR count). The fourth-order valence-electron chi connectivity index (χ4n) is 2.41. The molecule has 0 aromatic carbocycles. The maximum atomic E-state index is 7.00. The van der Waals surface area contributed by atoms with Gasteiger partial charge in [0.25, 0.3) is 0 Å². The lowest BCUT2D eigenvalue weighted by Crippen LogP contribution is -2.39. The van der Waals surface area contributed by atoms with Crippen molar-refractivity contribution in [2.45, 2.75) is 58.5 Å². The zero-order valence-corrected chi connectivity index (χ0v) is 9.51. The van der Waals surface area contributed by atoms with Crippen LogP contribution in [0.5, 0.6) is 0 Å². The summed E-state index contributed by atoms with van der Waals surface area (Å²) in [6.45, 7) is 6.31. The van der Waals surface area contributed by atoms with Crippen molar-refractivity contribution in [2.24, 2.45) is 5.92 Å². The van der Waals surface area contributed by atoms with Crippen LogP contribution in [0.2, 0.25) is 0 Å². The Morgan fingerprint density at radius 3 is 2.23 bits per heavy atom. The average Bonchev–Trinajstić information content (AvgIpc) is 2.52. The molecule has 2 fully saturated rings. The van der Waals surface area contributed by atoms with Crippen LogP contribution < -0.4 is 5.32 Å². The first kappa shape index (κ1) is 12.9. The quantitative estimate of drug-likeness (QED) is 0.609. The van der Waals surface area contributed by atoms with Gasteiger partial charge < -0.3 is 10.4 Å². The Hall–Kier alpha value is -0.0800. The van der Waals surface area contributed by atoms with Gasteiger partial charge in [0, 0.05) is 19.2 Å². The highest BCUT2D eigenvalue weighted by Crippen LogP contribution is 2.33. The van der Waals surface area contributed by atoms with E-state index in [1.165, 1.54) is 25.7 Å². The molecule has 2 heteroatoms. The van der Waals surface area contributed by atoms with Crippen molar-refractivity contribution in [1.29, 1.82) is 0 Å². The minimum absolute atomic E-state index is 0.802. The molecular formula is C11H25NO. The van der Waals surface area contributed by atoms with Gasteiger partial charge in [-0.1, -0.05) is 13.8 Å². The fourth-order valence-corrected chi connectivity index (χ4v) is 2.41. The van der Waals surface area contributed by atoms with Gasteiger partial charge in [0.2, 0.25) is 0 Å². The summed E-state index contributed by atoms with van der Waals surface area (Å²) >= 11 is 0. The van der Waals surface area contributed by atoms with E-state index in [2.05, 4.69) is 12.2 Å². The zero-order chi connectivity index (χ0) is 10.3. The number of hydrogen-bond donors (Lipinski definition) is 2. The van der Waals surface area contributed by atoms with Crippen LogP contribution in [-0.2, 0) is 0 Å². The van der Waals surface area contributed by atoms with Gasteiger partial charge in [-0.3, -0.25) is 0 Å². The van der Waals surface area contributed by atoms with Crippen LogP contribution in [0.4, 0.5) is 0 Å². The number of rotatable bonds is 0. The average molecular weight is 187 g/mol. The van der Waals surface area contributed by atoms with Crippen LogP contribution in [0.15, 0.2) is 0 Å². The van der Waals surface area contributed by atoms with Crippen LogP contribution in [0.25, 0.3) is 0 Å². The van der Waals surface area contributed by atoms with E-state index in [-0.39, 0.29) is 0 Å². The molecule has 3 atom stereocenters. The summed E-state index contributed by atoms with van der Waals surface area (Å²) in [5, 5.41) is 10.6. The third kappa shape index (κ3) is 4.10. The Balaban J connectivity index is 0.000000322. The zero-order valence-electron chi connectivity index (χ0n) is 9.51.